The molecule has 1 fully saturated rings. The summed E-state index contributed by atoms with van der Waals surface area (Å²) in [6.07, 6.45) is 4.72. The lowest BCUT2D eigenvalue weighted by Gasteiger charge is -2.29. The number of methoxy groups -OCH3 is 1. The summed E-state index contributed by atoms with van der Waals surface area (Å²) in [6, 6.07) is 14.8. The molecule has 4 aromatic rings. The van der Waals surface area contributed by atoms with Gasteiger partial charge in [0.25, 0.3) is 0 Å². The van der Waals surface area contributed by atoms with E-state index in [4.69, 9.17) is 9.47 Å². The van der Waals surface area contributed by atoms with Gasteiger partial charge >= 0.3 is 0 Å². The highest BCUT2D eigenvalue weighted by Crippen LogP contribution is 2.30. The second kappa shape index (κ2) is 8.53. The molecule has 1 aliphatic rings. The lowest BCUT2D eigenvalue weighted by molar-refractivity contribution is 0.122. The van der Waals surface area contributed by atoms with E-state index >= 15 is 0 Å². The fraction of sp³-hybridized carbons (Fsp3) is 0.217. The first kappa shape index (κ1) is 19.2. The number of anilines is 3. The van der Waals surface area contributed by atoms with Crippen molar-refractivity contribution in [3.63, 3.8) is 0 Å². The van der Waals surface area contributed by atoms with Crippen LogP contribution in [0.25, 0.3) is 22.0 Å². The van der Waals surface area contributed by atoms with Crippen molar-refractivity contribution in [3.05, 3.63) is 61.2 Å². The zero-order chi connectivity index (χ0) is 21.0. The summed E-state index contributed by atoms with van der Waals surface area (Å²) in [5, 5.41) is 4.15. The maximum Gasteiger partial charge on any atom is 0.232 e. The van der Waals surface area contributed by atoms with Crippen molar-refractivity contribution in [2.45, 2.75) is 0 Å². The normalized spacial score (nSPS) is 13.9. The van der Waals surface area contributed by atoms with E-state index in [1.165, 1.54) is 5.69 Å². The Morgan fingerprint density at radius 2 is 1.81 bits per heavy atom. The largest absolute Gasteiger partial charge is 0.480 e. The van der Waals surface area contributed by atoms with Crippen LogP contribution in [0, 0.1) is 0 Å². The van der Waals surface area contributed by atoms with Gasteiger partial charge < -0.3 is 19.7 Å². The van der Waals surface area contributed by atoms with Crippen molar-refractivity contribution in [2.75, 3.05) is 43.6 Å². The highest BCUT2D eigenvalue weighted by molar-refractivity contribution is 5.93. The number of nitrogens with one attached hydrogen (secondary N) is 1. The molecule has 0 unspecified atom stereocenters. The standard InChI is InChI=1S/C23H22N6O2/c1-30-22-14-24-21(13-25-22)28-23-19-12-17(5-6-20(19)26-15-27-23)16-3-2-4-18(11-16)29-7-9-31-10-8-29/h2-6,11-15H,7-10H2,1H3,(H,24,26,27,28). The maximum atomic E-state index is 5.48. The number of fused-ring (bicyclic) bond motifs is 1. The van der Waals surface area contributed by atoms with E-state index in [2.05, 4.69) is 66.6 Å². The molecule has 1 aliphatic heterocycles. The average molecular weight is 414 g/mol. The minimum atomic E-state index is 0.459. The summed E-state index contributed by atoms with van der Waals surface area (Å²) in [7, 11) is 1.56. The molecule has 1 saturated heterocycles. The fourth-order valence-corrected chi connectivity index (χ4v) is 3.65. The fourth-order valence-electron chi connectivity index (χ4n) is 3.65. The van der Waals surface area contributed by atoms with E-state index in [0.717, 1.165) is 48.3 Å². The number of morpholine rings is 1. The van der Waals surface area contributed by atoms with Gasteiger partial charge in [-0.2, -0.15) is 0 Å². The van der Waals surface area contributed by atoms with E-state index < -0.39 is 0 Å². The van der Waals surface area contributed by atoms with Gasteiger partial charge in [-0.3, -0.25) is 0 Å². The summed E-state index contributed by atoms with van der Waals surface area (Å²) in [6.45, 7) is 3.35. The lowest BCUT2D eigenvalue weighted by Crippen LogP contribution is -2.36. The number of benzene rings is 2. The van der Waals surface area contributed by atoms with E-state index in [-0.39, 0.29) is 0 Å². The number of aromatic nitrogens is 4. The topological polar surface area (TPSA) is 85.3 Å². The van der Waals surface area contributed by atoms with Crippen molar-refractivity contribution in [3.8, 4) is 17.0 Å². The Hall–Kier alpha value is -3.78. The van der Waals surface area contributed by atoms with Gasteiger partial charge in [0, 0.05) is 24.2 Å². The molecule has 8 nitrogen and oxygen atoms in total. The van der Waals surface area contributed by atoms with Gasteiger partial charge in [-0.15, -0.1) is 0 Å². The molecule has 3 heterocycles. The van der Waals surface area contributed by atoms with E-state index in [1.54, 1.807) is 25.8 Å². The Labute approximate surface area is 179 Å². The SMILES string of the molecule is COc1cnc(Nc2ncnc3ccc(-c4cccc(N5CCOCC5)c4)cc23)cn1. The molecule has 0 amide bonds. The van der Waals surface area contributed by atoms with Crippen molar-refractivity contribution in [1.29, 1.82) is 0 Å². The molecule has 5 rings (SSSR count). The molecular formula is C23H22N6O2. The van der Waals surface area contributed by atoms with Crippen molar-refractivity contribution >= 4 is 28.2 Å². The molecule has 31 heavy (non-hydrogen) atoms. The van der Waals surface area contributed by atoms with Crippen molar-refractivity contribution in [2.24, 2.45) is 0 Å². The molecule has 0 aliphatic carbocycles. The van der Waals surface area contributed by atoms with E-state index in [1.807, 2.05) is 6.07 Å². The van der Waals surface area contributed by atoms with Crippen LogP contribution in [-0.2, 0) is 4.74 Å². The first-order chi connectivity index (χ1) is 15.3. The monoisotopic (exact) mass is 414 g/mol. The Morgan fingerprint density at radius 1 is 0.935 bits per heavy atom. The molecule has 156 valence electrons. The predicted molar refractivity (Wildman–Crippen MR) is 120 cm³/mol. The van der Waals surface area contributed by atoms with Gasteiger partial charge in [0.15, 0.2) is 0 Å². The molecule has 1 N–H and O–H groups in total. The molecule has 2 aromatic heterocycles. The third kappa shape index (κ3) is 4.10. The Bertz CT molecular complexity index is 1190. The van der Waals surface area contributed by atoms with Crippen LogP contribution in [0.15, 0.2) is 61.2 Å². The predicted octanol–water partition coefficient (Wildman–Crippen LogP) is 3.68. The molecule has 0 bridgehead atoms. The van der Waals surface area contributed by atoms with Crippen LogP contribution in [0.1, 0.15) is 0 Å². The average Bonchev–Trinajstić information content (AvgIpc) is 2.85. The summed E-state index contributed by atoms with van der Waals surface area (Å²) < 4.78 is 10.6. The number of nitrogens with zero attached hydrogens (tertiary/aromatic N) is 5. The summed E-state index contributed by atoms with van der Waals surface area (Å²) >= 11 is 0. The third-order valence-electron chi connectivity index (χ3n) is 5.27. The summed E-state index contributed by atoms with van der Waals surface area (Å²) in [5.41, 5.74) is 4.30. The minimum absolute atomic E-state index is 0.459. The van der Waals surface area contributed by atoms with Crippen LogP contribution in [-0.4, -0.2) is 53.3 Å². The quantitative estimate of drug-likeness (QED) is 0.529. The minimum Gasteiger partial charge on any atom is -0.480 e. The molecule has 0 spiro atoms. The Kier molecular flexibility index (Phi) is 5.28. The summed E-state index contributed by atoms with van der Waals surface area (Å²) in [4.78, 5) is 19.7. The van der Waals surface area contributed by atoms with Crippen LogP contribution in [0.5, 0.6) is 5.88 Å². The number of hydrogen-bond acceptors (Lipinski definition) is 8. The van der Waals surface area contributed by atoms with Gasteiger partial charge in [0.05, 0.1) is 38.2 Å². The van der Waals surface area contributed by atoms with Gasteiger partial charge in [-0.1, -0.05) is 18.2 Å². The van der Waals surface area contributed by atoms with Crippen molar-refractivity contribution in [1.82, 2.24) is 19.9 Å². The zero-order valence-corrected chi connectivity index (χ0v) is 17.2. The summed E-state index contributed by atoms with van der Waals surface area (Å²) in [5.74, 6) is 1.72. The van der Waals surface area contributed by atoms with Crippen LogP contribution in [0.2, 0.25) is 0 Å². The lowest BCUT2D eigenvalue weighted by atomic mass is 10.0. The highest BCUT2D eigenvalue weighted by atomic mass is 16.5. The Morgan fingerprint density at radius 3 is 2.61 bits per heavy atom. The number of rotatable bonds is 5. The van der Waals surface area contributed by atoms with Crippen LogP contribution in [0.4, 0.5) is 17.3 Å². The Balaban J connectivity index is 1.48. The van der Waals surface area contributed by atoms with Gasteiger partial charge in [0.1, 0.15) is 18.0 Å². The number of hydrogen-bond donors (Lipinski definition) is 1. The molecule has 8 heteroatoms. The van der Waals surface area contributed by atoms with Gasteiger partial charge in [-0.25, -0.2) is 19.9 Å². The smallest absolute Gasteiger partial charge is 0.232 e. The molecule has 0 atom stereocenters. The highest BCUT2D eigenvalue weighted by Gasteiger charge is 2.13. The third-order valence-corrected chi connectivity index (χ3v) is 5.27. The zero-order valence-electron chi connectivity index (χ0n) is 17.2. The molecule has 2 aromatic carbocycles. The van der Waals surface area contributed by atoms with Crippen LogP contribution >= 0.6 is 0 Å². The van der Waals surface area contributed by atoms with Crippen LogP contribution in [0.3, 0.4) is 0 Å². The van der Waals surface area contributed by atoms with E-state index in [0.29, 0.717) is 17.5 Å². The number of ether oxygens (including phenoxy) is 2. The van der Waals surface area contributed by atoms with Gasteiger partial charge in [-0.05, 0) is 35.4 Å². The first-order valence-corrected chi connectivity index (χ1v) is 10.1. The molecular weight excluding hydrogens is 392 g/mol. The second-order valence-electron chi connectivity index (χ2n) is 7.17. The maximum absolute atomic E-state index is 5.48. The molecule has 0 radical (unpaired) electrons. The van der Waals surface area contributed by atoms with Crippen molar-refractivity contribution < 1.29 is 9.47 Å². The molecule has 0 saturated carbocycles. The van der Waals surface area contributed by atoms with Gasteiger partial charge in [0.2, 0.25) is 5.88 Å². The first-order valence-electron chi connectivity index (χ1n) is 10.1. The second-order valence-corrected chi connectivity index (χ2v) is 7.17. The van der Waals surface area contributed by atoms with Crippen LogP contribution < -0.4 is 15.0 Å². The van der Waals surface area contributed by atoms with E-state index in [9.17, 15) is 0 Å².